The molecule has 0 fully saturated rings. The maximum atomic E-state index is 5.39. The van der Waals surface area contributed by atoms with Crippen LogP contribution >= 0.6 is 0 Å². The van der Waals surface area contributed by atoms with Gasteiger partial charge in [0, 0.05) is 33.0 Å². The first-order valence-electron chi connectivity index (χ1n) is 6.88. The summed E-state index contributed by atoms with van der Waals surface area (Å²) in [4.78, 5) is 0. The molecule has 1 aromatic heterocycles. The van der Waals surface area contributed by atoms with Gasteiger partial charge in [0.25, 0.3) is 0 Å². The molecule has 0 radical (unpaired) electrons. The summed E-state index contributed by atoms with van der Waals surface area (Å²) in [6.07, 6.45) is 2.93. The third-order valence-corrected chi connectivity index (χ3v) is 2.55. The van der Waals surface area contributed by atoms with E-state index in [0.29, 0.717) is 19.1 Å². The Morgan fingerprint density at radius 3 is 2.89 bits per heavy atom. The van der Waals surface area contributed by atoms with Crippen molar-refractivity contribution in [2.75, 3.05) is 33.5 Å². The van der Waals surface area contributed by atoms with Gasteiger partial charge in [-0.05, 0) is 18.9 Å². The van der Waals surface area contributed by atoms with E-state index in [0.717, 1.165) is 38.4 Å². The van der Waals surface area contributed by atoms with Gasteiger partial charge in [0.2, 0.25) is 0 Å². The number of hydrogen-bond donors (Lipinski definition) is 1. The Hall–Kier alpha value is -0.980. The highest BCUT2D eigenvalue weighted by molar-refractivity contribution is 4.91. The van der Waals surface area contributed by atoms with Crippen LogP contribution in [0.2, 0.25) is 0 Å². The molecule has 0 amide bonds. The molecule has 0 aliphatic carbocycles. The summed E-state index contributed by atoms with van der Waals surface area (Å²) in [5.41, 5.74) is 0.987. The molecule has 6 heteroatoms. The highest BCUT2D eigenvalue weighted by Gasteiger charge is 2.01. The second kappa shape index (κ2) is 9.89. The van der Waals surface area contributed by atoms with Gasteiger partial charge in [-0.3, -0.25) is 4.68 Å². The average molecular weight is 270 g/mol. The lowest BCUT2D eigenvalue weighted by atomic mass is 10.2. The van der Waals surface area contributed by atoms with Crippen molar-refractivity contribution in [1.29, 1.82) is 0 Å². The van der Waals surface area contributed by atoms with Crippen LogP contribution in [-0.4, -0.2) is 48.5 Å². The van der Waals surface area contributed by atoms with Crippen LogP contribution in [0.4, 0.5) is 0 Å². The van der Waals surface area contributed by atoms with E-state index in [-0.39, 0.29) is 0 Å². The Bertz CT molecular complexity index is 328. The lowest BCUT2D eigenvalue weighted by Crippen LogP contribution is -2.19. The Balaban J connectivity index is 2.09. The van der Waals surface area contributed by atoms with Crippen LogP contribution in [0, 0.1) is 5.92 Å². The molecule has 0 bridgehead atoms. The average Bonchev–Trinajstić information content (AvgIpc) is 2.81. The van der Waals surface area contributed by atoms with Crippen molar-refractivity contribution in [3.63, 3.8) is 0 Å². The lowest BCUT2D eigenvalue weighted by Gasteiger charge is -2.04. The molecular formula is C13H26N4O2. The molecule has 1 aromatic rings. The highest BCUT2D eigenvalue weighted by Crippen LogP contribution is 1.96. The smallest absolute Gasteiger partial charge is 0.0964 e. The fourth-order valence-electron chi connectivity index (χ4n) is 1.59. The second-order valence-corrected chi connectivity index (χ2v) is 4.96. The molecule has 110 valence electrons. The van der Waals surface area contributed by atoms with Crippen LogP contribution < -0.4 is 5.32 Å². The Morgan fingerprint density at radius 2 is 2.16 bits per heavy atom. The zero-order chi connectivity index (χ0) is 13.9. The van der Waals surface area contributed by atoms with E-state index in [4.69, 9.17) is 9.47 Å². The summed E-state index contributed by atoms with van der Waals surface area (Å²) in [7, 11) is 1.67. The van der Waals surface area contributed by atoms with Crippen LogP contribution in [0.3, 0.4) is 0 Å². The van der Waals surface area contributed by atoms with Crippen LogP contribution in [0.25, 0.3) is 0 Å². The molecule has 0 aliphatic rings. The van der Waals surface area contributed by atoms with Gasteiger partial charge >= 0.3 is 0 Å². The molecule has 1 N–H and O–H groups in total. The number of methoxy groups -OCH3 is 1. The van der Waals surface area contributed by atoms with Crippen LogP contribution in [0.15, 0.2) is 6.20 Å². The Kier molecular flexibility index (Phi) is 8.36. The molecule has 0 aliphatic heterocycles. The predicted octanol–water partition coefficient (Wildman–Crippen LogP) is 1.08. The zero-order valence-corrected chi connectivity index (χ0v) is 12.3. The molecule has 19 heavy (non-hydrogen) atoms. The predicted molar refractivity (Wildman–Crippen MR) is 73.9 cm³/mol. The standard InChI is InChI=1S/C13H26N4O2/c1-12(2)9-14-10-13-11-17(16-15-13)5-4-6-19-8-7-18-3/h11-12,14H,4-10H2,1-3H3. The van der Waals surface area contributed by atoms with E-state index in [1.54, 1.807) is 7.11 Å². The molecule has 0 unspecified atom stereocenters. The maximum absolute atomic E-state index is 5.39. The normalized spacial score (nSPS) is 11.4. The van der Waals surface area contributed by atoms with E-state index in [2.05, 4.69) is 29.5 Å². The third kappa shape index (κ3) is 7.92. The molecule has 1 rings (SSSR count). The van der Waals surface area contributed by atoms with Crippen molar-refractivity contribution in [3.8, 4) is 0 Å². The number of nitrogens with one attached hydrogen (secondary N) is 1. The highest BCUT2D eigenvalue weighted by atomic mass is 16.5. The monoisotopic (exact) mass is 270 g/mol. The summed E-state index contributed by atoms with van der Waals surface area (Å²) in [6.45, 7) is 9.02. The number of nitrogens with zero attached hydrogens (tertiary/aromatic N) is 3. The van der Waals surface area contributed by atoms with Gasteiger partial charge in [-0.15, -0.1) is 5.10 Å². The maximum Gasteiger partial charge on any atom is 0.0964 e. The number of hydrogen-bond acceptors (Lipinski definition) is 5. The SMILES string of the molecule is COCCOCCCn1cc(CNCC(C)C)nn1. The van der Waals surface area contributed by atoms with E-state index in [1.807, 2.05) is 10.9 Å². The van der Waals surface area contributed by atoms with E-state index >= 15 is 0 Å². The summed E-state index contributed by atoms with van der Waals surface area (Å²) in [6, 6.07) is 0. The minimum absolute atomic E-state index is 0.648. The summed E-state index contributed by atoms with van der Waals surface area (Å²) < 4.78 is 12.2. The summed E-state index contributed by atoms with van der Waals surface area (Å²) >= 11 is 0. The molecule has 0 aromatic carbocycles. The van der Waals surface area contributed by atoms with Crippen molar-refractivity contribution < 1.29 is 9.47 Å². The second-order valence-electron chi connectivity index (χ2n) is 4.96. The van der Waals surface area contributed by atoms with Gasteiger partial charge in [-0.2, -0.15) is 0 Å². The zero-order valence-electron chi connectivity index (χ0n) is 12.3. The van der Waals surface area contributed by atoms with Crippen molar-refractivity contribution in [1.82, 2.24) is 20.3 Å². The molecular weight excluding hydrogens is 244 g/mol. The molecule has 0 spiro atoms. The van der Waals surface area contributed by atoms with E-state index in [1.165, 1.54) is 0 Å². The van der Waals surface area contributed by atoms with Crippen LogP contribution in [0.5, 0.6) is 0 Å². The summed E-state index contributed by atoms with van der Waals surface area (Å²) in [5.74, 6) is 0.652. The summed E-state index contributed by atoms with van der Waals surface area (Å²) in [5, 5.41) is 11.6. The first-order valence-corrected chi connectivity index (χ1v) is 6.88. The van der Waals surface area contributed by atoms with Crippen LogP contribution in [0.1, 0.15) is 26.0 Å². The number of rotatable bonds is 11. The number of aromatic nitrogens is 3. The van der Waals surface area contributed by atoms with Gasteiger partial charge < -0.3 is 14.8 Å². The minimum Gasteiger partial charge on any atom is -0.382 e. The number of ether oxygens (including phenoxy) is 2. The van der Waals surface area contributed by atoms with E-state index in [9.17, 15) is 0 Å². The fourth-order valence-corrected chi connectivity index (χ4v) is 1.59. The first-order chi connectivity index (χ1) is 9.22. The van der Waals surface area contributed by atoms with Crippen molar-refractivity contribution in [3.05, 3.63) is 11.9 Å². The largest absolute Gasteiger partial charge is 0.382 e. The van der Waals surface area contributed by atoms with Gasteiger partial charge in [0.15, 0.2) is 0 Å². The fraction of sp³-hybridized carbons (Fsp3) is 0.846. The van der Waals surface area contributed by atoms with Gasteiger partial charge in [-0.25, -0.2) is 0 Å². The molecule has 0 atom stereocenters. The Labute approximate surface area is 115 Å². The van der Waals surface area contributed by atoms with Crippen molar-refractivity contribution in [2.45, 2.75) is 33.4 Å². The molecule has 0 saturated carbocycles. The molecule has 1 heterocycles. The van der Waals surface area contributed by atoms with E-state index < -0.39 is 0 Å². The first kappa shape index (κ1) is 16.1. The quantitative estimate of drug-likeness (QED) is 0.610. The number of aryl methyl sites for hydroxylation is 1. The van der Waals surface area contributed by atoms with Crippen molar-refractivity contribution in [2.24, 2.45) is 5.92 Å². The molecule has 6 nitrogen and oxygen atoms in total. The van der Waals surface area contributed by atoms with Gasteiger partial charge in [-0.1, -0.05) is 19.1 Å². The molecule has 0 saturated heterocycles. The topological polar surface area (TPSA) is 61.2 Å². The van der Waals surface area contributed by atoms with Gasteiger partial charge in [0.1, 0.15) is 0 Å². The minimum atomic E-state index is 0.648. The van der Waals surface area contributed by atoms with Crippen molar-refractivity contribution >= 4 is 0 Å². The van der Waals surface area contributed by atoms with Gasteiger partial charge in [0.05, 0.1) is 18.9 Å². The van der Waals surface area contributed by atoms with Crippen LogP contribution in [-0.2, 0) is 22.6 Å². The Morgan fingerprint density at radius 1 is 1.32 bits per heavy atom. The lowest BCUT2D eigenvalue weighted by molar-refractivity contribution is 0.0676. The third-order valence-electron chi connectivity index (χ3n) is 2.55.